The summed E-state index contributed by atoms with van der Waals surface area (Å²) in [5.74, 6) is -0.466. The minimum atomic E-state index is -0.940. The minimum absolute atomic E-state index is 0.320. The molecule has 18 heavy (non-hydrogen) atoms. The Balaban J connectivity index is 2.36. The summed E-state index contributed by atoms with van der Waals surface area (Å²) in [5, 5.41) is 21.5. The summed E-state index contributed by atoms with van der Waals surface area (Å²) in [6.45, 7) is 3.55. The first-order valence-electron chi connectivity index (χ1n) is 5.53. The van der Waals surface area contributed by atoms with Gasteiger partial charge in [0.2, 0.25) is 0 Å². The Morgan fingerprint density at radius 2 is 2.28 bits per heavy atom. The maximum Gasteiger partial charge on any atom is 0.326 e. The van der Waals surface area contributed by atoms with Crippen LogP contribution in [0.5, 0.6) is 0 Å². The molecule has 1 atom stereocenters. The number of hydrogen-bond acceptors (Lipinski definition) is 4. The largest absolute Gasteiger partial charge is 0.480 e. The second-order valence-electron chi connectivity index (χ2n) is 3.84. The van der Waals surface area contributed by atoms with Crippen LogP contribution in [0.25, 0.3) is 10.8 Å². The standard InChI is InChI=1S/C13H13N3O2/c1-2-5-11(13(17)18)15-12-10-7-4-3-6-9(10)8-14-16-12/h2-4,6-8,11H,1,5H2,(H,15,16)(H,17,18). The van der Waals surface area contributed by atoms with E-state index in [9.17, 15) is 4.79 Å². The highest BCUT2D eigenvalue weighted by Crippen LogP contribution is 2.20. The second-order valence-corrected chi connectivity index (χ2v) is 3.84. The van der Waals surface area contributed by atoms with Gasteiger partial charge in [-0.05, 0) is 6.42 Å². The average molecular weight is 243 g/mol. The molecule has 0 bridgehead atoms. The van der Waals surface area contributed by atoms with Gasteiger partial charge in [0.05, 0.1) is 6.20 Å². The van der Waals surface area contributed by atoms with Crippen LogP contribution in [0, 0.1) is 0 Å². The fourth-order valence-electron chi connectivity index (χ4n) is 1.69. The van der Waals surface area contributed by atoms with Crippen molar-refractivity contribution in [3.63, 3.8) is 0 Å². The van der Waals surface area contributed by atoms with Crippen LogP contribution in [-0.2, 0) is 4.79 Å². The van der Waals surface area contributed by atoms with E-state index in [0.29, 0.717) is 12.2 Å². The van der Waals surface area contributed by atoms with Gasteiger partial charge in [-0.15, -0.1) is 11.7 Å². The van der Waals surface area contributed by atoms with Crippen molar-refractivity contribution in [3.05, 3.63) is 43.1 Å². The predicted molar refractivity (Wildman–Crippen MR) is 69.4 cm³/mol. The second kappa shape index (κ2) is 5.27. The van der Waals surface area contributed by atoms with E-state index in [1.807, 2.05) is 24.3 Å². The molecule has 0 fully saturated rings. The van der Waals surface area contributed by atoms with Crippen LogP contribution in [-0.4, -0.2) is 27.3 Å². The van der Waals surface area contributed by atoms with Gasteiger partial charge in [-0.3, -0.25) is 0 Å². The Morgan fingerprint density at radius 3 is 3.00 bits per heavy atom. The molecule has 5 heteroatoms. The van der Waals surface area contributed by atoms with Gasteiger partial charge in [-0.1, -0.05) is 30.3 Å². The zero-order valence-electron chi connectivity index (χ0n) is 9.71. The van der Waals surface area contributed by atoms with Crippen LogP contribution < -0.4 is 5.32 Å². The minimum Gasteiger partial charge on any atom is -0.480 e. The van der Waals surface area contributed by atoms with Gasteiger partial charge in [0.15, 0.2) is 5.82 Å². The quantitative estimate of drug-likeness (QED) is 0.786. The molecule has 0 amide bonds. The smallest absolute Gasteiger partial charge is 0.326 e. The van der Waals surface area contributed by atoms with Crippen LogP contribution in [0.1, 0.15) is 6.42 Å². The average Bonchev–Trinajstić information content (AvgIpc) is 2.38. The van der Waals surface area contributed by atoms with Crippen molar-refractivity contribution in [2.24, 2.45) is 0 Å². The van der Waals surface area contributed by atoms with Crippen LogP contribution in [0.4, 0.5) is 5.82 Å². The molecule has 1 unspecified atom stereocenters. The number of fused-ring (bicyclic) bond motifs is 1. The van der Waals surface area contributed by atoms with Crippen molar-refractivity contribution in [2.45, 2.75) is 12.5 Å². The van der Waals surface area contributed by atoms with E-state index in [2.05, 4.69) is 22.1 Å². The highest BCUT2D eigenvalue weighted by Gasteiger charge is 2.17. The number of rotatable bonds is 5. The maximum atomic E-state index is 11.1. The normalized spacial score (nSPS) is 12.0. The number of nitrogens with zero attached hydrogens (tertiary/aromatic N) is 2. The fraction of sp³-hybridized carbons (Fsp3) is 0.154. The lowest BCUT2D eigenvalue weighted by Gasteiger charge is -2.13. The Hall–Kier alpha value is -2.43. The van der Waals surface area contributed by atoms with Gasteiger partial charge >= 0.3 is 5.97 Å². The van der Waals surface area contributed by atoms with E-state index in [1.54, 1.807) is 12.3 Å². The lowest BCUT2D eigenvalue weighted by molar-refractivity contribution is -0.137. The number of nitrogens with one attached hydrogen (secondary N) is 1. The number of aliphatic carboxylic acids is 1. The molecule has 1 aromatic heterocycles. The molecule has 92 valence electrons. The first kappa shape index (κ1) is 12.0. The fourth-order valence-corrected chi connectivity index (χ4v) is 1.69. The van der Waals surface area contributed by atoms with Crippen molar-refractivity contribution in [2.75, 3.05) is 5.32 Å². The molecule has 0 aliphatic heterocycles. The topological polar surface area (TPSA) is 75.1 Å². The van der Waals surface area contributed by atoms with Crippen LogP contribution in [0.15, 0.2) is 43.1 Å². The number of benzene rings is 1. The highest BCUT2D eigenvalue weighted by molar-refractivity contribution is 5.92. The van der Waals surface area contributed by atoms with E-state index < -0.39 is 12.0 Å². The van der Waals surface area contributed by atoms with Gasteiger partial charge in [-0.2, -0.15) is 5.10 Å². The van der Waals surface area contributed by atoms with Gasteiger partial charge in [0.1, 0.15) is 6.04 Å². The van der Waals surface area contributed by atoms with Crippen LogP contribution in [0.2, 0.25) is 0 Å². The Labute approximate surface area is 104 Å². The van der Waals surface area contributed by atoms with Gasteiger partial charge in [0.25, 0.3) is 0 Å². The predicted octanol–water partition coefficient (Wildman–Crippen LogP) is 2.07. The van der Waals surface area contributed by atoms with Crippen molar-refractivity contribution >= 4 is 22.6 Å². The number of aromatic nitrogens is 2. The molecule has 1 aromatic carbocycles. The van der Waals surface area contributed by atoms with Gasteiger partial charge < -0.3 is 10.4 Å². The van der Waals surface area contributed by atoms with E-state index in [0.717, 1.165) is 10.8 Å². The number of carboxylic acid groups (broad SMARTS) is 1. The first-order valence-corrected chi connectivity index (χ1v) is 5.53. The summed E-state index contributed by atoms with van der Waals surface area (Å²) in [6, 6.07) is 6.80. The number of hydrogen-bond donors (Lipinski definition) is 2. The monoisotopic (exact) mass is 243 g/mol. The Bertz CT molecular complexity index is 578. The molecule has 0 aliphatic rings. The first-order chi connectivity index (χ1) is 8.72. The molecule has 0 aliphatic carbocycles. The SMILES string of the molecule is C=CCC(Nc1nncc2ccccc12)C(=O)O. The Morgan fingerprint density at radius 1 is 1.50 bits per heavy atom. The third-order valence-corrected chi connectivity index (χ3v) is 2.58. The van der Waals surface area contributed by atoms with Crippen molar-refractivity contribution in [1.29, 1.82) is 0 Å². The molecule has 0 radical (unpaired) electrons. The van der Waals surface area contributed by atoms with E-state index in [4.69, 9.17) is 5.11 Å². The highest BCUT2D eigenvalue weighted by atomic mass is 16.4. The third-order valence-electron chi connectivity index (χ3n) is 2.58. The molecule has 0 saturated carbocycles. The summed E-state index contributed by atoms with van der Waals surface area (Å²) in [5.41, 5.74) is 0. The van der Waals surface area contributed by atoms with Crippen molar-refractivity contribution < 1.29 is 9.90 Å². The van der Waals surface area contributed by atoms with Gasteiger partial charge in [-0.25, -0.2) is 4.79 Å². The summed E-state index contributed by atoms with van der Waals surface area (Å²) in [4.78, 5) is 11.1. The summed E-state index contributed by atoms with van der Waals surface area (Å²) >= 11 is 0. The van der Waals surface area contributed by atoms with Crippen LogP contribution in [0.3, 0.4) is 0 Å². The number of carbonyl (C=O) groups is 1. The van der Waals surface area contributed by atoms with Crippen molar-refractivity contribution in [1.82, 2.24) is 10.2 Å². The molecule has 2 N–H and O–H groups in total. The molecule has 0 spiro atoms. The van der Waals surface area contributed by atoms with E-state index in [-0.39, 0.29) is 0 Å². The third kappa shape index (κ3) is 2.45. The lowest BCUT2D eigenvalue weighted by atomic mass is 10.1. The molecule has 0 saturated heterocycles. The zero-order chi connectivity index (χ0) is 13.0. The molecule has 5 nitrogen and oxygen atoms in total. The molecule has 2 rings (SSSR count). The summed E-state index contributed by atoms with van der Waals surface area (Å²) in [7, 11) is 0. The maximum absolute atomic E-state index is 11.1. The van der Waals surface area contributed by atoms with E-state index >= 15 is 0 Å². The molecular formula is C13H13N3O2. The van der Waals surface area contributed by atoms with Crippen molar-refractivity contribution in [3.8, 4) is 0 Å². The molecule has 2 aromatic rings. The zero-order valence-corrected chi connectivity index (χ0v) is 9.71. The van der Waals surface area contributed by atoms with E-state index in [1.165, 1.54) is 0 Å². The van der Waals surface area contributed by atoms with Crippen LogP contribution >= 0.6 is 0 Å². The summed E-state index contributed by atoms with van der Waals surface area (Å²) in [6.07, 6.45) is 3.52. The Kier molecular flexibility index (Phi) is 3.52. The van der Waals surface area contributed by atoms with Gasteiger partial charge in [0, 0.05) is 10.8 Å². The molecular weight excluding hydrogens is 230 g/mol. The molecule has 1 heterocycles. The number of carboxylic acids is 1. The summed E-state index contributed by atoms with van der Waals surface area (Å²) < 4.78 is 0. The lowest BCUT2D eigenvalue weighted by Crippen LogP contribution is -2.29. The number of anilines is 1.